The number of carbonyl (C=O) groups is 1. The number of halogens is 1. The Morgan fingerprint density at radius 3 is 2.63 bits per heavy atom. The second-order valence-electron chi connectivity index (χ2n) is 4.30. The molecule has 1 aromatic rings. The standard InChI is InChI=1S/C14H20FNO3/c1-3-19-9-8-13(17)16-10(2)14(18)11-4-6-12(15)7-5-11/h4-7,10,14,18H,3,8-9H2,1-2H3,(H,16,17). The van der Waals surface area contributed by atoms with Crippen LogP contribution in [0.25, 0.3) is 0 Å². The normalized spacial score (nSPS) is 13.9. The largest absolute Gasteiger partial charge is 0.386 e. The van der Waals surface area contributed by atoms with Crippen LogP contribution in [-0.2, 0) is 9.53 Å². The Morgan fingerprint density at radius 1 is 1.42 bits per heavy atom. The van der Waals surface area contributed by atoms with Crippen LogP contribution < -0.4 is 5.32 Å². The molecule has 0 aliphatic heterocycles. The van der Waals surface area contributed by atoms with Gasteiger partial charge in [0.2, 0.25) is 5.91 Å². The van der Waals surface area contributed by atoms with Crippen LogP contribution in [-0.4, -0.2) is 30.3 Å². The minimum Gasteiger partial charge on any atom is -0.386 e. The molecular formula is C14H20FNO3. The van der Waals surface area contributed by atoms with Crippen LogP contribution >= 0.6 is 0 Å². The summed E-state index contributed by atoms with van der Waals surface area (Å²) in [5.41, 5.74) is 0.569. The molecule has 2 N–H and O–H groups in total. The van der Waals surface area contributed by atoms with Gasteiger partial charge in [0.25, 0.3) is 0 Å². The van der Waals surface area contributed by atoms with E-state index in [1.807, 2.05) is 6.92 Å². The van der Waals surface area contributed by atoms with E-state index in [1.54, 1.807) is 6.92 Å². The van der Waals surface area contributed by atoms with Crippen molar-refractivity contribution < 1.29 is 19.0 Å². The fourth-order valence-corrected chi connectivity index (χ4v) is 1.66. The average molecular weight is 269 g/mol. The van der Waals surface area contributed by atoms with E-state index in [4.69, 9.17) is 4.74 Å². The van der Waals surface area contributed by atoms with Gasteiger partial charge in [0.05, 0.1) is 18.8 Å². The third-order valence-corrected chi connectivity index (χ3v) is 2.75. The van der Waals surface area contributed by atoms with Gasteiger partial charge < -0.3 is 15.2 Å². The van der Waals surface area contributed by atoms with Crippen molar-refractivity contribution in [1.29, 1.82) is 0 Å². The van der Waals surface area contributed by atoms with Gasteiger partial charge in [-0.25, -0.2) is 4.39 Å². The summed E-state index contributed by atoms with van der Waals surface area (Å²) >= 11 is 0. The number of nitrogens with one attached hydrogen (secondary N) is 1. The summed E-state index contributed by atoms with van der Waals surface area (Å²) in [6.07, 6.45) is -0.606. The van der Waals surface area contributed by atoms with Crippen molar-refractivity contribution in [2.45, 2.75) is 32.4 Å². The number of benzene rings is 1. The number of aliphatic hydroxyl groups excluding tert-OH is 1. The number of hydrogen-bond donors (Lipinski definition) is 2. The first-order valence-corrected chi connectivity index (χ1v) is 6.35. The molecule has 0 fully saturated rings. The third kappa shape index (κ3) is 5.36. The average Bonchev–Trinajstić information content (AvgIpc) is 2.39. The van der Waals surface area contributed by atoms with E-state index in [9.17, 15) is 14.3 Å². The maximum atomic E-state index is 12.8. The molecule has 1 aromatic carbocycles. The molecule has 0 spiro atoms. The lowest BCUT2D eigenvalue weighted by Crippen LogP contribution is -2.37. The smallest absolute Gasteiger partial charge is 0.222 e. The molecule has 19 heavy (non-hydrogen) atoms. The molecule has 5 heteroatoms. The van der Waals surface area contributed by atoms with Crippen LogP contribution in [0.2, 0.25) is 0 Å². The lowest BCUT2D eigenvalue weighted by atomic mass is 10.0. The molecule has 0 bridgehead atoms. The van der Waals surface area contributed by atoms with E-state index in [0.717, 1.165) is 0 Å². The first-order chi connectivity index (χ1) is 9.04. The Balaban J connectivity index is 2.46. The summed E-state index contributed by atoms with van der Waals surface area (Å²) in [4.78, 5) is 11.6. The van der Waals surface area contributed by atoms with E-state index < -0.39 is 12.1 Å². The van der Waals surface area contributed by atoms with Crippen molar-refractivity contribution in [2.75, 3.05) is 13.2 Å². The van der Waals surface area contributed by atoms with Crippen molar-refractivity contribution in [3.05, 3.63) is 35.6 Å². The summed E-state index contributed by atoms with van der Waals surface area (Å²) in [5.74, 6) is -0.536. The van der Waals surface area contributed by atoms with Crippen LogP contribution in [0.5, 0.6) is 0 Å². The van der Waals surface area contributed by atoms with E-state index in [2.05, 4.69) is 5.32 Å². The number of hydrogen-bond acceptors (Lipinski definition) is 3. The first kappa shape index (κ1) is 15.6. The number of ether oxygens (including phenoxy) is 1. The zero-order chi connectivity index (χ0) is 14.3. The number of carbonyl (C=O) groups excluding carboxylic acids is 1. The fraction of sp³-hybridized carbons (Fsp3) is 0.500. The number of rotatable bonds is 7. The van der Waals surface area contributed by atoms with E-state index in [0.29, 0.717) is 18.8 Å². The second-order valence-corrected chi connectivity index (χ2v) is 4.30. The van der Waals surface area contributed by atoms with Crippen molar-refractivity contribution in [1.82, 2.24) is 5.32 Å². The van der Waals surface area contributed by atoms with Crippen LogP contribution in [0.3, 0.4) is 0 Å². The zero-order valence-electron chi connectivity index (χ0n) is 11.2. The van der Waals surface area contributed by atoms with Crippen LogP contribution in [0, 0.1) is 5.82 Å². The Labute approximate surface area is 112 Å². The molecule has 1 amide bonds. The molecule has 0 aliphatic carbocycles. The number of aliphatic hydroxyl groups is 1. The maximum absolute atomic E-state index is 12.8. The van der Waals surface area contributed by atoms with Crippen molar-refractivity contribution >= 4 is 5.91 Å². The highest BCUT2D eigenvalue weighted by molar-refractivity contribution is 5.76. The minimum atomic E-state index is -0.864. The predicted molar refractivity (Wildman–Crippen MR) is 70.1 cm³/mol. The molecule has 0 radical (unpaired) electrons. The molecule has 0 heterocycles. The van der Waals surface area contributed by atoms with Gasteiger partial charge in [0.15, 0.2) is 0 Å². The van der Waals surface area contributed by atoms with Gasteiger partial charge in [-0.2, -0.15) is 0 Å². The van der Waals surface area contributed by atoms with E-state index in [-0.39, 0.29) is 18.1 Å². The molecule has 4 nitrogen and oxygen atoms in total. The number of amides is 1. The lowest BCUT2D eigenvalue weighted by Gasteiger charge is -2.20. The minimum absolute atomic E-state index is 0.179. The Hall–Kier alpha value is -1.46. The topological polar surface area (TPSA) is 58.6 Å². The first-order valence-electron chi connectivity index (χ1n) is 6.35. The van der Waals surface area contributed by atoms with Crippen LogP contribution in [0.1, 0.15) is 31.9 Å². The molecule has 2 atom stereocenters. The molecule has 1 rings (SSSR count). The Morgan fingerprint density at radius 2 is 2.05 bits per heavy atom. The van der Waals surface area contributed by atoms with Gasteiger partial charge in [0.1, 0.15) is 5.82 Å². The van der Waals surface area contributed by atoms with E-state index >= 15 is 0 Å². The monoisotopic (exact) mass is 269 g/mol. The maximum Gasteiger partial charge on any atom is 0.222 e. The molecule has 0 saturated heterocycles. The van der Waals surface area contributed by atoms with Gasteiger partial charge in [-0.05, 0) is 31.5 Å². The molecule has 0 aliphatic rings. The lowest BCUT2D eigenvalue weighted by molar-refractivity contribution is -0.123. The highest BCUT2D eigenvalue weighted by Crippen LogP contribution is 2.17. The SMILES string of the molecule is CCOCCC(=O)NC(C)C(O)c1ccc(F)cc1. The molecule has 0 saturated carbocycles. The predicted octanol–water partition coefficient (Wildman–Crippen LogP) is 1.79. The van der Waals surface area contributed by atoms with E-state index in [1.165, 1.54) is 24.3 Å². The second kappa shape index (κ2) is 7.86. The van der Waals surface area contributed by atoms with Crippen molar-refractivity contribution in [2.24, 2.45) is 0 Å². The van der Waals surface area contributed by atoms with Crippen molar-refractivity contribution in [3.63, 3.8) is 0 Å². The van der Waals surface area contributed by atoms with Crippen LogP contribution in [0.4, 0.5) is 4.39 Å². The van der Waals surface area contributed by atoms with Gasteiger partial charge >= 0.3 is 0 Å². The molecule has 0 aromatic heterocycles. The van der Waals surface area contributed by atoms with Gasteiger partial charge in [-0.15, -0.1) is 0 Å². The summed E-state index contributed by atoms with van der Waals surface area (Å²) in [7, 11) is 0. The summed E-state index contributed by atoms with van der Waals surface area (Å²) in [6, 6.07) is 5.12. The Bertz CT molecular complexity index is 394. The summed E-state index contributed by atoms with van der Waals surface area (Å²) in [6.45, 7) is 4.49. The summed E-state index contributed by atoms with van der Waals surface area (Å²) in [5, 5.41) is 12.7. The van der Waals surface area contributed by atoms with Crippen molar-refractivity contribution in [3.8, 4) is 0 Å². The highest BCUT2D eigenvalue weighted by Gasteiger charge is 2.18. The molecule has 106 valence electrons. The van der Waals surface area contributed by atoms with Gasteiger partial charge in [0, 0.05) is 13.0 Å². The highest BCUT2D eigenvalue weighted by atomic mass is 19.1. The fourth-order valence-electron chi connectivity index (χ4n) is 1.66. The van der Waals surface area contributed by atoms with Gasteiger partial charge in [-0.1, -0.05) is 12.1 Å². The third-order valence-electron chi connectivity index (χ3n) is 2.75. The van der Waals surface area contributed by atoms with Gasteiger partial charge in [-0.3, -0.25) is 4.79 Å². The van der Waals surface area contributed by atoms with Crippen LogP contribution in [0.15, 0.2) is 24.3 Å². The molecule has 2 unspecified atom stereocenters. The quantitative estimate of drug-likeness (QED) is 0.742. The summed E-state index contributed by atoms with van der Waals surface area (Å²) < 4.78 is 17.8. The zero-order valence-corrected chi connectivity index (χ0v) is 11.2. The molecular weight excluding hydrogens is 249 g/mol. The Kier molecular flexibility index (Phi) is 6.45.